The zero-order valence-corrected chi connectivity index (χ0v) is 34.9. The van der Waals surface area contributed by atoms with Crippen molar-refractivity contribution in [2.45, 2.75) is 58.0 Å². The fraction of sp³-hybridized carbons (Fsp3) is 0.347. The number of hydrogen-bond donors (Lipinski definition) is 0. The summed E-state index contributed by atoms with van der Waals surface area (Å²) < 4.78 is 18.1. The number of fused-ring (bicyclic) bond motifs is 4. The molecule has 11 heteroatoms. The number of aryl methyl sites for hydroxylation is 2. The van der Waals surface area contributed by atoms with Gasteiger partial charge in [-0.15, -0.1) is 0 Å². The predicted molar refractivity (Wildman–Crippen MR) is 238 cm³/mol. The SMILES string of the molecule is COc1cc2c(cc1OCCCCCOc1cc3c(cc1C)C(=O)N1C=C(c4ccc(C)cc4)C[C@H]1C=N3)N=C[C@@H]1CC(c3ccc(N4CCN(C)CC4)cc3)=CN1C2=O. The highest BCUT2D eigenvalue weighted by molar-refractivity contribution is 6.06. The lowest BCUT2D eigenvalue weighted by molar-refractivity contribution is 0.0809. The van der Waals surface area contributed by atoms with Gasteiger partial charge in [-0.2, -0.15) is 0 Å². The zero-order valence-electron chi connectivity index (χ0n) is 34.9. The molecule has 0 saturated carbocycles. The van der Waals surface area contributed by atoms with E-state index in [0.717, 1.165) is 85.4 Å². The lowest BCUT2D eigenvalue weighted by Crippen LogP contribution is -2.44. The van der Waals surface area contributed by atoms with Crippen molar-refractivity contribution in [3.05, 3.63) is 119 Å². The Hall–Kier alpha value is -6.20. The summed E-state index contributed by atoms with van der Waals surface area (Å²) in [6, 6.07) is 24.2. The number of nitrogens with zero attached hydrogens (tertiary/aromatic N) is 6. The van der Waals surface area contributed by atoms with Crippen molar-refractivity contribution >= 4 is 52.5 Å². The van der Waals surface area contributed by atoms with Crippen LogP contribution in [0.3, 0.4) is 0 Å². The molecular formula is C49H52N6O5. The highest BCUT2D eigenvalue weighted by atomic mass is 16.5. The number of rotatable bonds is 12. The number of benzene rings is 4. The van der Waals surface area contributed by atoms with E-state index in [1.807, 2.05) is 54.9 Å². The molecule has 0 radical (unpaired) electrons. The molecule has 0 unspecified atom stereocenters. The number of methoxy groups -OCH3 is 1. The van der Waals surface area contributed by atoms with E-state index in [-0.39, 0.29) is 23.9 Å². The van der Waals surface area contributed by atoms with Crippen LogP contribution in [0, 0.1) is 13.8 Å². The van der Waals surface area contributed by atoms with Crippen LogP contribution in [-0.2, 0) is 0 Å². The van der Waals surface area contributed by atoms with Gasteiger partial charge in [-0.3, -0.25) is 19.6 Å². The molecule has 60 heavy (non-hydrogen) atoms. The molecule has 5 heterocycles. The van der Waals surface area contributed by atoms with Crippen LogP contribution >= 0.6 is 0 Å². The van der Waals surface area contributed by atoms with Crippen LogP contribution in [0.2, 0.25) is 0 Å². The Morgan fingerprint density at radius 2 is 1.17 bits per heavy atom. The predicted octanol–water partition coefficient (Wildman–Crippen LogP) is 8.63. The van der Waals surface area contributed by atoms with Gasteiger partial charge in [-0.25, -0.2) is 0 Å². The van der Waals surface area contributed by atoms with Gasteiger partial charge in [0.1, 0.15) is 5.75 Å². The van der Waals surface area contributed by atoms with Gasteiger partial charge in [-0.05, 0) is 92.3 Å². The summed E-state index contributed by atoms with van der Waals surface area (Å²) >= 11 is 0. The van der Waals surface area contributed by atoms with E-state index in [1.54, 1.807) is 18.1 Å². The van der Waals surface area contributed by atoms with Crippen molar-refractivity contribution in [2.75, 3.05) is 58.5 Å². The Kier molecular flexibility index (Phi) is 11.0. The number of aliphatic imine (C=N–C) groups is 2. The molecule has 11 nitrogen and oxygen atoms in total. The third-order valence-corrected chi connectivity index (χ3v) is 12.3. The molecule has 2 atom stereocenters. The van der Waals surface area contributed by atoms with Crippen LogP contribution in [-0.4, -0.2) is 105 Å². The van der Waals surface area contributed by atoms with Crippen LogP contribution in [0.4, 0.5) is 17.1 Å². The number of carbonyl (C=O) groups is 2. The number of unbranched alkanes of at least 4 members (excludes halogenated alkanes) is 2. The maximum atomic E-state index is 13.9. The first kappa shape index (κ1) is 39.3. The van der Waals surface area contributed by atoms with Gasteiger partial charge >= 0.3 is 0 Å². The highest BCUT2D eigenvalue weighted by Gasteiger charge is 2.35. The Morgan fingerprint density at radius 1 is 0.633 bits per heavy atom. The average Bonchev–Trinajstić information content (AvgIpc) is 3.84. The lowest BCUT2D eigenvalue weighted by Gasteiger charge is -2.34. The summed E-state index contributed by atoms with van der Waals surface area (Å²) in [7, 11) is 3.76. The van der Waals surface area contributed by atoms with Crippen LogP contribution in [0.15, 0.2) is 95.2 Å². The van der Waals surface area contributed by atoms with Gasteiger partial charge in [0.05, 0.1) is 54.9 Å². The minimum absolute atomic E-state index is 0.0427. The van der Waals surface area contributed by atoms with Gasteiger partial charge in [0, 0.05) is 81.7 Å². The summed E-state index contributed by atoms with van der Waals surface area (Å²) in [5.74, 6) is 1.66. The fourth-order valence-corrected chi connectivity index (χ4v) is 8.62. The second kappa shape index (κ2) is 16.8. The first-order valence-corrected chi connectivity index (χ1v) is 21.1. The molecular weight excluding hydrogens is 753 g/mol. The van der Waals surface area contributed by atoms with Crippen molar-refractivity contribution in [2.24, 2.45) is 9.98 Å². The molecule has 1 fully saturated rings. The topological polar surface area (TPSA) is 99.5 Å². The van der Waals surface area contributed by atoms with Crippen LogP contribution < -0.4 is 19.1 Å². The van der Waals surface area contributed by atoms with Crippen molar-refractivity contribution in [3.8, 4) is 17.2 Å². The molecule has 4 aromatic carbocycles. The van der Waals surface area contributed by atoms with E-state index in [9.17, 15) is 9.59 Å². The molecule has 0 spiro atoms. The van der Waals surface area contributed by atoms with Crippen LogP contribution in [0.25, 0.3) is 11.1 Å². The minimum Gasteiger partial charge on any atom is -0.493 e. The lowest BCUT2D eigenvalue weighted by atomic mass is 10.0. The highest BCUT2D eigenvalue weighted by Crippen LogP contribution is 2.41. The van der Waals surface area contributed by atoms with Gasteiger partial charge in [0.25, 0.3) is 11.8 Å². The normalized spacial score (nSPS) is 19.6. The summed E-state index contributed by atoms with van der Waals surface area (Å²) in [5, 5.41) is 0. The van der Waals surface area contributed by atoms with Crippen molar-refractivity contribution in [1.29, 1.82) is 0 Å². The molecule has 4 aromatic rings. The minimum atomic E-state index is -0.159. The van der Waals surface area contributed by atoms with Crippen molar-refractivity contribution < 1.29 is 23.8 Å². The average molecular weight is 805 g/mol. The van der Waals surface area contributed by atoms with Crippen LogP contribution in [0.1, 0.15) is 75.1 Å². The summed E-state index contributed by atoms with van der Waals surface area (Å²) in [6.45, 7) is 9.24. The molecule has 9 rings (SSSR count). The number of anilines is 1. The number of carbonyl (C=O) groups excluding carboxylic acids is 2. The molecule has 0 bridgehead atoms. The molecule has 5 aliphatic rings. The Morgan fingerprint density at radius 3 is 1.75 bits per heavy atom. The Balaban J connectivity index is 0.766. The molecule has 0 aromatic heterocycles. The second-order valence-electron chi connectivity index (χ2n) is 16.4. The smallest absolute Gasteiger partial charge is 0.260 e. The Bertz CT molecular complexity index is 2410. The van der Waals surface area contributed by atoms with E-state index in [4.69, 9.17) is 24.2 Å². The van der Waals surface area contributed by atoms with E-state index < -0.39 is 0 Å². The number of amides is 2. The first-order valence-electron chi connectivity index (χ1n) is 21.1. The maximum Gasteiger partial charge on any atom is 0.260 e. The van der Waals surface area contributed by atoms with E-state index in [1.165, 1.54) is 11.3 Å². The number of likely N-dealkylation sites (N-methyl/N-ethyl adjacent to an activating group) is 1. The van der Waals surface area contributed by atoms with E-state index in [0.29, 0.717) is 53.6 Å². The fourth-order valence-electron chi connectivity index (χ4n) is 8.62. The maximum absolute atomic E-state index is 13.9. The molecule has 0 N–H and O–H groups in total. The van der Waals surface area contributed by atoms with Crippen LogP contribution in [0.5, 0.6) is 17.2 Å². The molecule has 308 valence electrons. The molecule has 2 amide bonds. The third-order valence-electron chi connectivity index (χ3n) is 12.3. The van der Waals surface area contributed by atoms with Gasteiger partial charge < -0.3 is 33.8 Å². The molecule has 5 aliphatic heterocycles. The Labute approximate surface area is 352 Å². The summed E-state index contributed by atoms with van der Waals surface area (Å²) in [5.41, 5.74) is 10.2. The van der Waals surface area contributed by atoms with E-state index in [2.05, 4.69) is 72.3 Å². The third kappa shape index (κ3) is 7.93. The van der Waals surface area contributed by atoms with Crippen molar-refractivity contribution in [3.63, 3.8) is 0 Å². The van der Waals surface area contributed by atoms with Gasteiger partial charge in [-0.1, -0.05) is 42.0 Å². The summed E-state index contributed by atoms with van der Waals surface area (Å²) in [4.78, 5) is 45.5. The summed E-state index contributed by atoms with van der Waals surface area (Å²) in [6.07, 6.45) is 11.7. The number of ether oxygens (including phenoxy) is 3. The number of piperazine rings is 1. The largest absolute Gasteiger partial charge is 0.493 e. The van der Waals surface area contributed by atoms with Gasteiger partial charge in [0.15, 0.2) is 11.5 Å². The quantitative estimate of drug-likeness (QED) is 0.132. The molecule has 0 aliphatic carbocycles. The van der Waals surface area contributed by atoms with Gasteiger partial charge in [0.2, 0.25) is 0 Å². The number of hydrogen-bond acceptors (Lipinski definition) is 9. The second-order valence-corrected chi connectivity index (χ2v) is 16.4. The monoisotopic (exact) mass is 804 g/mol. The first-order chi connectivity index (χ1) is 29.2. The zero-order chi connectivity index (χ0) is 41.3. The molecule has 1 saturated heterocycles. The van der Waals surface area contributed by atoms with E-state index >= 15 is 0 Å². The standard InChI is InChI=1S/C49H52N6O5/c1-32-8-10-34(11-9-32)36-23-39-28-50-43-26-45(33(2)22-41(43)48(56)54(39)30-36)59-20-6-5-7-21-60-47-27-44-42(25-46(47)58-4)49(57)55-31-37(24-40(55)29-51-44)35-12-14-38(15-13-35)53-18-16-52(3)17-19-53/h8-15,22,25-31,39-40H,5-7,16-21,23-24H2,1-4H3/t39-,40-/m0/s1. The van der Waals surface area contributed by atoms with Crippen molar-refractivity contribution in [1.82, 2.24) is 14.7 Å².